The number of rotatable bonds is 7. The molecule has 21 heavy (non-hydrogen) atoms. The van der Waals surface area contributed by atoms with Crippen LogP contribution < -0.4 is 5.32 Å². The standard InChI is InChI=1S/C13H27N3O4S/c1-11(2)14-12(13(17)20-3)5-6-15-7-9-16(10-8-15)21(4,18)19/h11-12,14H,5-10H2,1-4H3. The van der Waals surface area contributed by atoms with E-state index < -0.39 is 10.0 Å². The van der Waals surface area contributed by atoms with Crippen LogP contribution in [-0.4, -0.2) is 81.8 Å². The molecule has 1 aliphatic heterocycles. The van der Waals surface area contributed by atoms with Crippen LogP contribution in [0.25, 0.3) is 0 Å². The number of nitrogens with one attached hydrogen (secondary N) is 1. The largest absolute Gasteiger partial charge is 0.468 e. The molecule has 124 valence electrons. The number of carbonyl (C=O) groups is 1. The molecular formula is C13H27N3O4S. The molecule has 1 aliphatic rings. The molecule has 0 spiro atoms. The predicted octanol–water partition coefficient (Wildman–Crippen LogP) is -0.507. The zero-order valence-corrected chi connectivity index (χ0v) is 14.1. The van der Waals surface area contributed by atoms with E-state index in [4.69, 9.17) is 4.74 Å². The number of hydrogen-bond acceptors (Lipinski definition) is 6. The van der Waals surface area contributed by atoms with Crippen LogP contribution in [0.15, 0.2) is 0 Å². The Bertz CT molecular complexity index is 431. The fourth-order valence-electron chi connectivity index (χ4n) is 2.41. The van der Waals surface area contributed by atoms with E-state index in [-0.39, 0.29) is 18.1 Å². The number of ether oxygens (including phenoxy) is 1. The average Bonchev–Trinajstić information content (AvgIpc) is 2.41. The Labute approximate surface area is 127 Å². The summed E-state index contributed by atoms with van der Waals surface area (Å²) in [4.78, 5) is 13.9. The molecule has 7 nitrogen and oxygen atoms in total. The third kappa shape index (κ3) is 6.29. The number of sulfonamides is 1. The molecule has 0 radical (unpaired) electrons. The molecule has 0 bridgehead atoms. The molecule has 0 aromatic carbocycles. The number of carbonyl (C=O) groups excluding carboxylic acids is 1. The predicted molar refractivity (Wildman–Crippen MR) is 81.5 cm³/mol. The van der Waals surface area contributed by atoms with Crippen LogP contribution in [0.5, 0.6) is 0 Å². The Hall–Kier alpha value is -0.700. The second kappa shape index (κ2) is 8.07. The van der Waals surface area contributed by atoms with E-state index in [0.29, 0.717) is 32.6 Å². The van der Waals surface area contributed by atoms with Crippen molar-refractivity contribution >= 4 is 16.0 Å². The fourth-order valence-corrected chi connectivity index (χ4v) is 3.24. The summed E-state index contributed by atoms with van der Waals surface area (Å²) in [5.74, 6) is -0.251. The van der Waals surface area contributed by atoms with E-state index in [9.17, 15) is 13.2 Å². The highest BCUT2D eigenvalue weighted by Crippen LogP contribution is 2.08. The normalized spacial score (nSPS) is 19.7. The van der Waals surface area contributed by atoms with Crippen molar-refractivity contribution in [2.45, 2.75) is 32.4 Å². The highest BCUT2D eigenvalue weighted by Gasteiger charge is 2.25. The van der Waals surface area contributed by atoms with Gasteiger partial charge in [-0.15, -0.1) is 0 Å². The third-order valence-corrected chi connectivity index (χ3v) is 4.86. The van der Waals surface area contributed by atoms with Crippen LogP contribution in [0.2, 0.25) is 0 Å². The van der Waals surface area contributed by atoms with Gasteiger partial charge >= 0.3 is 5.97 Å². The van der Waals surface area contributed by atoms with E-state index >= 15 is 0 Å². The Kier molecular flexibility index (Phi) is 7.05. The molecule has 1 rings (SSSR count). The number of nitrogens with zero attached hydrogens (tertiary/aromatic N) is 2. The monoisotopic (exact) mass is 321 g/mol. The van der Waals surface area contributed by atoms with E-state index in [2.05, 4.69) is 10.2 Å². The Balaban J connectivity index is 2.42. The van der Waals surface area contributed by atoms with Crippen LogP contribution in [0.3, 0.4) is 0 Å². The summed E-state index contributed by atoms with van der Waals surface area (Å²) in [6.07, 6.45) is 1.90. The van der Waals surface area contributed by atoms with Gasteiger partial charge < -0.3 is 15.0 Å². The molecular weight excluding hydrogens is 294 g/mol. The van der Waals surface area contributed by atoms with E-state index in [0.717, 1.165) is 6.54 Å². The maximum atomic E-state index is 11.7. The van der Waals surface area contributed by atoms with Crippen LogP contribution in [0, 0.1) is 0 Å². The zero-order chi connectivity index (χ0) is 16.0. The minimum atomic E-state index is -3.09. The Morgan fingerprint density at radius 3 is 2.24 bits per heavy atom. The van der Waals surface area contributed by atoms with Gasteiger partial charge in [0.25, 0.3) is 0 Å². The van der Waals surface area contributed by atoms with Crippen molar-refractivity contribution < 1.29 is 17.9 Å². The molecule has 0 amide bonds. The van der Waals surface area contributed by atoms with Gasteiger partial charge in [-0.25, -0.2) is 8.42 Å². The fraction of sp³-hybridized carbons (Fsp3) is 0.923. The molecule has 0 saturated carbocycles. The number of piperazine rings is 1. The van der Waals surface area contributed by atoms with Crippen molar-refractivity contribution in [3.05, 3.63) is 0 Å². The minimum Gasteiger partial charge on any atom is -0.468 e. The summed E-state index contributed by atoms with van der Waals surface area (Å²) in [5, 5.41) is 3.20. The lowest BCUT2D eigenvalue weighted by Gasteiger charge is -2.33. The molecule has 1 atom stereocenters. The summed E-state index contributed by atoms with van der Waals surface area (Å²) in [5.41, 5.74) is 0. The molecule has 1 saturated heterocycles. The van der Waals surface area contributed by atoms with Crippen molar-refractivity contribution in [3.8, 4) is 0 Å². The van der Waals surface area contributed by atoms with Gasteiger partial charge in [0.05, 0.1) is 13.4 Å². The van der Waals surface area contributed by atoms with E-state index in [1.807, 2.05) is 13.8 Å². The maximum Gasteiger partial charge on any atom is 0.322 e. The number of methoxy groups -OCH3 is 1. The van der Waals surface area contributed by atoms with Crippen LogP contribution >= 0.6 is 0 Å². The molecule has 1 heterocycles. The minimum absolute atomic E-state index is 0.205. The highest BCUT2D eigenvalue weighted by atomic mass is 32.2. The van der Waals surface area contributed by atoms with Crippen molar-refractivity contribution in [2.75, 3.05) is 46.1 Å². The van der Waals surface area contributed by atoms with E-state index in [1.54, 1.807) is 0 Å². The number of esters is 1. The molecule has 0 aromatic rings. The maximum absolute atomic E-state index is 11.7. The van der Waals surface area contributed by atoms with Gasteiger partial charge in [-0.1, -0.05) is 13.8 Å². The van der Waals surface area contributed by atoms with Crippen molar-refractivity contribution in [3.63, 3.8) is 0 Å². The van der Waals surface area contributed by atoms with Gasteiger partial charge in [-0.05, 0) is 6.42 Å². The lowest BCUT2D eigenvalue weighted by Crippen LogP contribution is -2.50. The first-order chi connectivity index (χ1) is 9.74. The van der Waals surface area contributed by atoms with E-state index in [1.165, 1.54) is 17.7 Å². The molecule has 1 N–H and O–H groups in total. The van der Waals surface area contributed by atoms with Gasteiger partial charge in [0.15, 0.2) is 0 Å². The van der Waals surface area contributed by atoms with Crippen molar-refractivity contribution in [1.82, 2.24) is 14.5 Å². The second-order valence-corrected chi connectivity index (χ2v) is 7.67. The lowest BCUT2D eigenvalue weighted by molar-refractivity contribution is -0.143. The van der Waals surface area contributed by atoms with Gasteiger partial charge in [0.2, 0.25) is 10.0 Å². The summed E-state index contributed by atoms with van der Waals surface area (Å²) in [7, 11) is -1.70. The zero-order valence-electron chi connectivity index (χ0n) is 13.3. The first-order valence-corrected chi connectivity index (χ1v) is 9.10. The molecule has 8 heteroatoms. The SMILES string of the molecule is COC(=O)C(CCN1CCN(S(C)(=O)=O)CC1)NC(C)C. The van der Waals surface area contributed by atoms with Crippen molar-refractivity contribution in [1.29, 1.82) is 0 Å². The topological polar surface area (TPSA) is 79.0 Å². The third-order valence-electron chi connectivity index (χ3n) is 3.55. The first kappa shape index (κ1) is 18.3. The Morgan fingerprint density at radius 1 is 1.24 bits per heavy atom. The van der Waals surface area contributed by atoms with Gasteiger partial charge in [0, 0.05) is 38.8 Å². The quantitative estimate of drug-likeness (QED) is 0.637. The number of hydrogen-bond donors (Lipinski definition) is 1. The lowest BCUT2D eigenvalue weighted by atomic mass is 10.1. The second-order valence-electron chi connectivity index (χ2n) is 5.69. The molecule has 0 aromatic heterocycles. The van der Waals surface area contributed by atoms with Crippen molar-refractivity contribution in [2.24, 2.45) is 0 Å². The Morgan fingerprint density at radius 2 is 1.81 bits per heavy atom. The summed E-state index contributed by atoms with van der Waals surface area (Å²) in [6, 6.07) is -0.112. The summed E-state index contributed by atoms with van der Waals surface area (Å²) in [6.45, 7) is 7.14. The van der Waals surface area contributed by atoms with Crippen LogP contribution in [0.1, 0.15) is 20.3 Å². The summed E-state index contributed by atoms with van der Waals surface area (Å²) >= 11 is 0. The van der Waals surface area contributed by atoms with Gasteiger partial charge in [0.1, 0.15) is 6.04 Å². The molecule has 1 unspecified atom stereocenters. The highest BCUT2D eigenvalue weighted by molar-refractivity contribution is 7.88. The first-order valence-electron chi connectivity index (χ1n) is 7.25. The van der Waals surface area contributed by atoms with Gasteiger partial charge in [-0.3, -0.25) is 4.79 Å². The molecule has 0 aliphatic carbocycles. The smallest absolute Gasteiger partial charge is 0.322 e. The molecule has 1 fully saturated rings. The summed E-state index contributed by atoms with van der Waals surface area (Å²) < 4.78 is 29.2. The van der Waals surface area contributed by atoms with Crippen LogP contribution in [0.4, 0.5) is 0 Å². The van der Waals surface area contributed by atoms with Gasteiger partial charge in [-0.2, -0.15) is 4.31 Å². The van der Waals surface area contributed by atoms with Crippen LogP contribution in [-0.2, 0) is 19.6 Å². The average molecular weight is 321 g/mol.